The first-order valence-corrected chi connectivity index (χ1v) is 15.1. The molecule has 0 spiro atoms. The average molecular weight is 512 g/mol. The highest BCUT2D eigenvalue weighted by molar-refractivity contribution is 8.32. The Morgan fingerprint density at radius 2 is 1.69 bits per heavy atom. The molecule has 0 unspecified atom stereocenters. The third-order valence-corrected chi connectivity index (χ3v) is 7.96. The molecule has 1 saturated carbocycles. The number of ether oxygens (including phenoxy) is 2. The van der Waals surface area contributed by atoms with Crippen LogP contribution >= 0.6 is 10.0 Å². The second-order valence-corrected chi connectivity index (χ2v) is 14.7. The van der Waals surface area contributed by atoms with Gasteiger partial charge in [-0.15, -0.1) is 5.10 Å². The smallest absolute Gasteiger partial charge is 0.310 e. The molecular weight excluding hydrogens is 478 g/mol. The summed E-state index contributed by atoms with van der Waals surface area (Å²) in [6, 6.07) is 16.5. The summed E-state index contributed by atoms with van der Waals surface area (Å²) in [4.78, 5) is 39.4. The Bertz CT molecular complexity index is 1270. The summed E-state index contributed by atoms with van der Waals surface area (Å²) < 4.78 is 12.6. The summed E-state index contributed by atoms with van der Waals surface area (Å²) in [5.74, 6) is -1.66. The van der Waals surface area contributed by atoms with Crippen LogP contribution in [-0.2, 0) is 32.2 Å². The molecule has 192 valence electrons. The Morgan fingerprint density at radius 1 is 0.972 bits per heavy atom. The molecule has 0 aliphatic heterocycles. The van der Waals surface area contributed by atoms with Crippen LogP contribution in [0.15, 0.2) is 59.4 Å². The predicted octanol–water partition coefficient (Wildman–Crippen LogP) is 3.41. The lowest BCUT2D eigenvalue weighted by molar-refractivity contribution is -0.161. The van der Waals surface area contributed by atoms with E-state index in [4.69, 9.17) is 9.47 Å². The van der Waals surface area contributed by atoms with Crippen molar-refractivity contribution in [3.63, 3.8) is 0 Å². The molecule has 1 aliphatic rings. The van der Waals surface area contributed by atoms with E-state index in [1.807, 2.05) is 30.3 Å². The van der Waals surface area contributed by atoms with Crippen LogP contribution in [0, 0.1) is 17.8 Å². The van der Waals surface area contributed by atoms with Crippen molar-refractivity contribution in [3.8, 4) is 0 Å². The molecule has 1 fully saturated rings. The zero-order valence-electron chi connectivity index (χ0n) is 21.0. The number of aromatic nitrogens is 3. The summed E-state index contributed by atoms with van der Waals surface area (Å²) in [5, 5.41) is 8.72. The van der Waals surface area contributed by atoms with Gasteiger partial charge in [-0.3, -0.25) is 14.4 Å². The van der Waals surface area contributed by atoms with Crippen molar-refractivity contribution in [2.45, 2.75) is 26.0 Å². The Morgan fingerprint density at radius 3 is 2.44 bits per heavy atom. The SMILES string of the molecule is CS(C)(C)CCOC(=O)[C@H]1[C@H](Cn2nnc3ccccc3c2=O)CC[C@@H]1C(=O)OCc1ccccc1. The maximum atomic E-state index is 13.3. The van der Waals surface area contributed by atoms with Gasteiger partial charge in [0.25, 0.3) is 5.56 Å². The van der Waals surface area contributed by atoms with Crippen molar-refractivity contribution in [1.29, 1.82) is 0 Å². The fourth-order valence-corrected chi connectivity index (χ4v) is 5.18. The molecule has 1 aliphatic carbocycles. The number of benzene rings is 2. The normalized spacial score (nSPS) is 20.2. The third kappa shape index (κ3) is 6.32. The van der Waals surface area contributed by atoms with E-state index >= 15 is 0 Å². The summed E-state index contributed by atoms with van der Waals surface area (Å²) in [6.45, 7) is 0.636. The molecule has 4 rings (SSSR count). The van der Waals surface area contributed by atoms with Crippen molar-refractivity contribution in [3.05, 3.63) is 70.5 Å². The van der Waals surface area contributed by atoms with E-state index in [0.29, 0.717) is 30.4 Å². The number of nitrogens with zero attached hydrogens (tertiary/aromatic N) is 3. The maximum Gasteiger partial charge on any atom is 0.310 e. The van der Waals surface area contributed by atoms with E-state index in [9.17, 15) is 14.4 Å². The summed E-state index contributed by atoms with van der Waals surface area (Å²) in [6.07, 6.45) is 7.55. The van der Waals surface area contributed by atoms with Crippen LogP contribution in [-0.4, -0.2) is 58.1 Å². The lowest BCUT2D eigenvalue weighted by atomic mass is 9.89. The minimum absolute atomic E-state index is 0.144. The molecule has 0 radical (unpaired) electrons. The van der Waals surface area contributed by atoms with Gasteiger partial charge in [-0.05, 0) is 55.2 Å². The van der Waals surface area contributed by atoms with Crippen LogP contribution in [0.25, 0.3) is 10.9 Å². The van der Waals surface area contributed by atoms with Gasteiger partial charge in [0.2, 0.25) is 0 Å². The quantitative estimate of drug-likeness (QED) is 0.406. The van der Waals surface area contributed by atoms with Gasteiger partial charge >= 0.3 is 11.9 Å². The van der Waals surface area contributed by atoms with Crippen molar-refractivity contribution in [2.24, 2.45) is 17.8 Å². The van der Waals surface area contributed by atoms with E-state index in [1.54, 1.807) is 24.3 Å². The molecule has 1 heterocycles. The maximum absolute atomic E-state index is 13.3. The minimum Gasteiger partial charge on any atom is -0.465 e. The molecule has 0 bridgehead atoms. The largest absolute Gasteiger partial charge is 0.465 e. The van der Waals surface area contributed by atoms with Crippen molar-refractivity contribution in [2.75, 3.05) is 31.1 Å². The van der Waals surface area contributed by atoms with E-state index in [-0.39, 0.29) is 24.6 Å². The van der Waals surface area contributed by atoms with Gasteiger partial charge in [0.1, 0.15) is 12.1 Å². The van der Waals surface area contributed by atoms with Crippen molar-refractivity contribution in [1.82, 2.24) is 15.0 Å². The highest BCUT2D eigenvalue weighted by atomic mass is 32.3. The first-order valence-electron chi connectivity index (χ1n) is 12.1. The Hall–Kier alpha value is -3.20. The van der Waals surface area contributed by atoms with Crippen LogP contribution in [0.4, 0.5) is 0 Å². The first kappa shape index (κ1) is 25.9. The first-order chi connectivity index (χ1) is 17.2. The zero-order valence-corrected chi connectivity index (χ0v) is 21.8. The Balaban J connectivity index is 1.52. The van der Waals surface area contributed by atoms with E-state index in [0.717, 1.165) is 11.3 Å². The van der Waals surface area contributed by atoms with Gasteiger partial charge in [0.15, 0.2) is 0 Å². The van der Waals surface area contributed by atoms with Gasteiger partial charge in [-0.25, -0.2) is 14.7 Å². The molecule has 2 aromatic carbocycles. The monoisotopic (exact) mass is 511 g/mol. The van der Waals surface area contributed by atoms with Gasteiger partial charge in [0, 0.05) is 5.75 Å². The number of rotatable bonds is 9. The summed E-state index contributed by atoms with van der Waals surface area (Å²) >= 11 is 0. The molecule has 0 saturated heterocycles. The van der Waals surface area contributed by atoms with Crippen LogP contribution in [0.5, 0.6) is 0 Å². The molecule has 0 amide bonds. The van der Waals surface area contributed by atoms with E-state index in [2.05, 4.69) is 29.1 Å². The number of hydrogen-bond donors (Lipinski definition) is 0. The van der Waals surface area contributed by atoms with Gasteiger partial charge in [-0.1, -0.05) is 47.7 Å². The van der Waals surface area contributed by atoms with Crippen LogP contribution in [0.1, 0.15) is 18.4 Å². The van der Waals surface area contributed by atoms with Gasteiger partial charge in [0.05, 0.1) is 30.4 Å². The van der Waals surface area contributed by atoms with Crippen LogP contribution in [0.2, 0.25) is 0 Å². The highest BCUT2D eigenvalue weighted by Gasteiger charge is 2.46. The second kappa shape index (κ2) is 11.2. The van der Waals surface area contributed by atoms with Gasteiger partial charge in [-0.2, -0.15) is 0 Å². The Labute approximate surface area is 212 Å². The fourth-order valence-electron chi connectivity index (χ4n) is 4.60. The number of carbonyl (C=O) groups excluding carboxylic acids is 2. The lowest BCUT2D eigenvalue weighted by Gasteiger charge is -2.26. The predicted molar refractivity (Wildman–Crippen MR) is 141 cm³/mol. The molecule has 1 aromatic heterocycles. The minimum atomic E-state index is -0.833. The third-order valence-electron chi connectivity index (χ3n) is 6.57. The standard InChI is InChI=1S/C27H33N3O5S/c1-36(2,3)16-15-34-27(33)24-20(17-30-25(31)21-11-7-8-12-23(21)28-29-30)13-14-22(24)26(32)35-18-19-9-5-4-6-10-19/h4-12,20,22,24H,13-18H2,1-3H3/t20-,22-,24-/m0/s1. The molecular formula is C27H33N3O5S. The molecule has 8 nitrogen and oxygen atoms in total. The summed E-state index contributed by atoms with van der Waals surface area (Å²) in [7, 11) is -0.833. The lowest BCUT2D eigenvalue weighted by Crippen LogP contribution is -2.36. The molecule has 3 atom stereocenters. The number of hydrogen-bond acceptors (Lipinski definition) is 7. The van der Waals surface area contributed by atoms with Crippen molar-refractivity contribution < 1.29 is 19.1 Å². The molecule has 9 heteroatoms. The van der Waals surface area contributed by atoms with E-state index < -0.39 is 33.8 Å². The topological polar surface area (TPSA) is 100 Å². The van der Waals surface area contributed by atoms with Crippen molar-refractivity contribution >= 4 is 32.9 Å². The van der Waals surface area contributed by atoms with E-state index in [1.165, 1.54) is 4.68 Å². The second-order valence-electron chi connectivity index (χ2n) is 10.1. The molecule has 0 N–H and O–H groups in total. The van der Waals surface area contributed by atoms with Crippen LogP contribution in [0.3, 0.4) is 0 Å². The number of fused-ring (bicyclic) bond motifs is 1. The fraction of sp³-hybridized carbons (Fsp3) is 0.444. The summed E-state index contributed by atoms with van der Waals surface area (Å²) in [5.41, 5.74) is 1.14. The number of esters is 2. The number of carbonyl (C=O) groups is 2. The van der Waals surface area contributed by atoms with Crippen LogP contribution < -0.4 is 5.56 Å². The molecule has 36 heavy (non-hydrogen) atoms. The highest BCUT2D eigenvalue weighted by Crippen LogP contribution is 2.40. The molecule has 3 aromatic rings. The Kier molecular flexibility index (Phi) is 8.08. The van der Waals surface area contributed by atoms with Gasteiger partial charge < -0.3 is 9.47 Å². The average Bonchev–Trinajstić information content (AvgIpc) is 3.28. The zero-order chi connectivity index (χ0) is 25.7.